The second kappa shape index (κ2) is 9.58. The van der Waals surface area contributed by atoms with Crippen LogP contribution < -0.4 is 0 Å². The highest BCUT2D eigenvalue weighted by molar-refractivity contribution is 6.12. The number of hydrogen-bond donors (Lipinski definition) is 0. The summed E-state index contributed by atoms with van der Waals surface area (Å²) in [6.07, 6.45) is 6.75. The van der Waals surface area contributed by atoms with Crippen LogP contribution in [0.4, 0.5) is 0 Å². The average Bonchev–Trinajstić information content (AvgIpc) is 3.45. The predicted molar refractivity (Wildman–Crippen MR) is 182 cm³/mol. The standard InChI is InChI=1S/C42H28O/c1-2-12-31-27(10-1)11-9-18-32(31)28-20-22-29(23-21-28)41-35-14-3-5-16-37(35)42(38-17-6-4-15-36(38)41)30-24-25-34-33-13-7-8-19-39(33)43-40(34)26-30/h1-3,5-14,16-26H,4,15H2. The molecule has 0 saturated carbocycles. The summed E-state index contributed by atoms with van der Waals surface area (Å²) in [7, 11) is 0. The van der Waals surface area contributed by atoms with Gasteiger partial charge in [-0.05, 0) is 97.1 Å². The van der Waals surface area contributed by atoms with Gasteiger partial charge in [-0.1, -0.05) is 127 Å². The molecule has 0 unspecified atom stereocenters. The first kappa shape index (κ1) is 24.2. The van der Waals surface area contributed by atoms with Gasteiger partial charge in [-0.25, -0.2) is 0 Å². The third kappa shape index (κ3) is 3.78. The maximum absolute atomic E-state index is 6.32. The van der Waals surface area contributed by atoms with Gasteiger partial charge < -0.3 is 4.42 Å². The highest BCUT2D eigenvalue weighted by Crippen LogP contribution is 2.46. The van der Waals surface area contributed by atoms with E-state index < -0.39 is 0 Å². The quantitative estimate of drug-likeness (QED) is 0.214. The van der Waals surface area contributed by atoms with Gasteiger partial charge >= 0.3 is 0 Å². The Kier molecular flexibility index (Phi) is 5.39. The van der Waals surface area contributed by atoms with Crippen LogP contribution in [0.15, 0.2) is 144 Å². The monoisotopic (exact) mass is 548 g/mol. The van der Waals surface area contributed by atoms with Crippen molar-refractivity contribution in [2.45, 2.75) is 12.8 Å². The molecule has 0 spiro atoms. The van der Waals surface area contributed by atoms with E-state index in [1.165, 1.54) is 66.1 Å². The van der Waals surface area contributed by atoms with Crippen molar-refractivity contribution in [3.05, 3.63) is 151 Å². The van der Waals surface area contributed by atoms with Crippen LogP contribution in [0.3, 0.4) is 0 Å². The summed E-state index contributed by atoms with van der Waals surface area (Å²) in [5.41, 5.74) is 12.3. The summed E-state index contributed by atoms with van der Waals surface area (Å²) in [4.78, 5) is 0. The fourth-order valence-corrected chi connectivity index (χ4v) is 7.20. The van der Waals surface area contributed by atoms with Gasteiger partial charge in [-0.2, -0.15) is 0 Å². The van der Waals surface area contributed by atoms with Crippen molar-refractivity contribution in [1.82, 2.24) is 0 Å². The Hall–Kier alpha value is -5.40. The van der Waals surface area contributed by atoms with E-state index in [0.717, 1.165) is 34.8 Å². The molecule has 1 aromatic heterocycles. The van der Waals surface area contributed by atoms with Crippen LogP contribution >= 0.6 is 0 Å². The highest BCUT2D eigenvalue weighted by Gasteiger charge is 2.22. The van der Waals surface area contributed by atoms with E-state index in [-0.39, 0.29) is 0 Å². The van der Waals surface area contributed by atoms with Crippen LogP contribution in [0.1, 0.15) is 17.5 Å². The van der Waals surface area contributed by atoms with Crippen LogP contribution in [0.2, 0.25) is 0 Å². The Bertz CT molecular complexity index is 2380. The zero-order valence-electron chi connectivity index (χ0n) is 23.7. The minimum Gasteiger partial charge on any atom is -0.456 e. The molecule has 1 heteroatoms. The molecule has 0 fully saturated rings. The first-order valence-corrected chi connectivity index (χ1v) is 15.1. The van der Waals surface area contributed by atoms with E-state index in [1.54, 1.807) is 0 Å². The normalized spacial score (nSPS) is 12.8. The maximum atomic E-state index is 6.32. The lowest BCUT2D eigenvalue weighted by Gasteiger charge is -2.24. The zero-order chi connectivity index (χ0) is 28.3. The number of furan rings is 1. The number of hydrogen-bond acceptors (Lipinski definition) is 1. The summed E-state index contributed by atoms with van der Waals surface area (Å²) in [5, 5.41) is 7.46. The van der Waals surface area contributed by atoms with E-state index in [1.807, 2.05) is 6.07 Å². The Morgan fingerprint density at radius 3 is 1.98 bits per heavy atom. The summed E-state index contributed by atoms with van der Waals surface area (Å²) in [5.74, 6) is 0. The molecule has 202 valence electrons. The first-order valence-electron chi connectivity index (χ1n) is 15.1. The van der Waals surface area contributed by atoms with Crippen LogP contribution in [0, 0.1) is 0 Å². The lowest BCUT2D eigenvalue weighted by Crippen LogP contribution is -2.02. The van der Waals surface area contributed by atoms with Gasteiger partial charge in [0.05, 0.1) is 0 Å². The molecule has 7 aromatic carbocycles. The van der Waals surface area contributed by atoms with Crippen LogP contribution in [-0.2, 0) is 6.42 Å². The lowest BCUT2D eigenvalue weighted by atomic mass is 9.80. The molecule has 1 aliphatic rings. The molecule has 1 aliphatic carbocycles. The molecule has 0 N–H and O–H groups in total. The molecule has 9 rings (SSSR count). The number of allylic oxidation sites excluding steroid dienone is 1. The molecule has 0 amide bonds. The predicted octanol–water partition coefficient (Wildman–Crippen LogP) is 11.9. The Labute approximate surface area is 250 Å². The van der Waals surface area contributed by atoms with Crippen molar-refractivity contribution in [3.8, 4) is 33.4 Å². The van der Waals surface area contributed by atoms with E-state index in [9.17, 15) is 0 Å². The minimum atomic E-state index is 0.934. The van der Waals surface area contributed by atoms with Crippen molar-refractivity contribution in [2.75, 3.05) is 0 Å². The number of para-hydroxylation sites is 1. The number of fused-ring (bicyclic) bond motifs is 6. The molecular weight excluding hydrogens is 520 g/mol. The molecule has 0 saturated heterocycles. The van der Waals surface area contributed by atoms with Gasteiger partial charge in [0.15, 0.2) is 0 Å². The fourth-order valence-electron chi connectivity index (χ4n) is 7.20. The average molecular weight is 549 g/mol. The summed E-state index contributed by atoms with van der Waals surface area (Å²) < 4.78 is 6.32. The minimum absolute atomic E-state index is 0.934. The molecule has 43 heavy (non-hydrogen) atoms. The van der Waals surface area contributed by atoms with E-state index in [0.29, 0.717) is 0 Å². The third-order valence-corrected chi connectivity index (χ3v) is 9.15. The van der Waals surface area contributed by atoms with Crippen LogP contribution in [0.5, 0.6) is 0 Å². The fraction of sp³-hybridized carbons (Fsp3) is 0.0476. The maximum Gasteiger partial charge on any atom is 0.136 e. The van der Waals surface area contributed by atoms with Gasteiger partial charge in [0.2, 0.25) is 0 Å². The lowest BCUT2D eigenvalue weighted by molar-refractivity contribution is 0.669. The van der Waals surface area contributed by atoms with Gasteiger partial charge in [-0.3, -0.25) is 0 Å². The van der Waals surface area contributed by atoms with E-state index >= 15 is 0 Å². The summed E-state index contributed by atoms with van der Waals surface area (Å²) >= 11 is 0. The van der Waals surface area contributed by atoms with Crippen LogP contribution in [-0.4, -0.2) is 0 Å². The Morgan fingerprint density at radius 2 is 1.12 bits per heavy atom. The zero-order valence-corrected chi connectivity index (χ0v) is 23.7. The van der Waals surface area contributed by atoms with Crippen LogP contribution in [0.25, 0.3) is 82.9 Å². The van der Waals surface area contributed by atoms with E-state index in [2.05, 4.69) is 140 Å². The van der Waals surface area contributed by atoms with Crippen molar-refractivity contribution in [2.24, 2.45) is 0 Å². The molecule has 8 aromatic rings. The molecule has 0 bridgehead atoms. The van der Waals surface area contributed by atoms with Gasteiger partial charge in [0.25, 0.3) is 0 Å². The van der Waals surface area contributed by atoms with Gasteiger partial charge in [0.1, 0.15) is 11.2 Å². The second-order valence-electron chi connectivity index (χ2n) is 11.5. The highest BCUT2D eigenvalue weighted by atomic mass is 16.3. The molecule has 0 atom stereocenters. The van der Waals surface area contributed by atoms with Crippen molar-refractivity contribution < 1.29 is 4.42 Å². The molecule has 0 aliphatic heterocycles. The van der Waals surface area contributed by atoms with Crippen molar-refractivity contribution in [1.29, 1.82) is 0 Å². The van der Waals surface area contributed by atoms with Crippen molar-refractivity contribution in [3.63, 3.8) is 0 Å². The molecule has 1 heterocycles. The topological polar surface area (TPSA) is 13.1 Å². The first-order chi connectivity index (χ1) is 21.3. The van der Waals surface area contributed by atoms with Gasteiger partial charge in [-0.15, -0.1) is 0 Å². The molecule has 0 radical (unpaired) electrons. The Balaban J connectivity index is 1.25. The molecular formula is C42H28O. The molecule has 1 nitrogen and oxygen atoms in total. The largest absolute Gasteiger partial charge is 0.456 e. The SMILES string of the molecule is C1=Cc2c(c(-c3ccc(-c4cccc5ccccc45)cc3)c3ccccc3c2-c2ccc3c(c2)oc2ccccc23)CC1. The smallest absolute Gasteiger partial charge is 0.136 e. The summed E-state index contributed by atoms with van der Waals surface area (Å²) in [6, 6.07) is 48.4. The van der Waals surface area contributed by atoms with E-state index in [4.69, 9.17) is 4.42 Å². The van der Waals surface area contributed by atoms with Gasteiger partial charge in [0, 0.05) is 10.8 Å². The second-order valence-corrected chi connectivity index (χ2v) is 11.5. The van der Waals surface area contributed by atoms with Crippen molar-refractivity contribution >= 4 is 49.6 Å². The number of benzene rings is 7. The number of rotatable bonds is 3. The summed E-state index contributed by atoms with van der Waals surface area (Å²) in [6.45, 7) is 0. The Morgan fingerprint density at radius 1 is 0.465 bits per heavy atom. The third-order valence-electron chi connectivity index (χ3n) is 9.15.